The highest BCUT2D eigenvalue weighted by Gasteiger charge is 2.47. The van der Waals surface area contributed by atoms with Crippen molar-refractivity contribution in [1.82, 2.24) is 25.0 Å². The fourth-order valence-corrected chi connectivity index (χ4v) is 5.14. The average molecular weight is 528 g/mol. The number of fused-ring (bicyclic) bond motifs is 1. The van der Waals surface area contributed by atoms with Crippen molar-refractivity contribution >= 4 is 23.2 Å². The number of benzene rings is 1. The molecular formula is C26H30FN5O4S. The number of carbonyl (C=O) groups is 2. The molecule has 1 aliphatic rings. The molecule has 4 rings (SSSR count). The van der Waals surface area contributed by atoms with Gasteiger partial charge in [-0.15, -0.1) is 10.2 Å². The molecular weight excluding hydrogens is 497 g/mol. The highest BCUT2D eigenvalue weighted by Crippen LogP contribution is 2.34. The number of halogens is 1. The molecule has 37 heavy (non-hydrogen) atoms. The Bertz CT molecular complexity index is 1400. The Hall–Kier alpha value is -3.60. The number of hydrogen-bond acceptors (Lipinski definition) is 7. The second-order valence-corrected chi connectivity index (χ2v) is 11.2. The lowest BCUT2D eigenvalue weighted by Crippen LogP contribution is -2.61. The van der Waals surface area contributed by atoms with E-state index >= 15 is 0 Å². The number of aromatic nitrogens is 3. The van der Waals surface area contributed by atoms with E-state index in [2.05, 4.69) is 15.5 Å². The van der Waals surface area contributed by atoms with Gasteiger partial charge in [-0.3, -0.25) is 14.4 Å². The number of amides is 2. The van der Waals surface area contributed by atoms with Gasteiger partial charge in [0.25, 0.3) is 5.91 Å². The second kappa shape index (κ2) is 10.0. The van der Waals surface area contributed by atoms with Crippen molar-refractivity contribution in [2.75, 3.05) is 13.1 Å². The molecule has 0 saturated carbocycles. The predicted octanol–water partition coefficient (Wildman–Crippen LogP) is 3.15. The lowest BCUT2D eigenvalue weighted by Gasteiger charge is -2.44. The van der Waals surface area contributed by atoms with Crippen LogP contribution in [0.5, 0.6) is 5.75 Å². The molecule has 9 nitrogen and oxygen atoms in total. The van der Waals surface area contributed by atoms with Crippen molar-refractivity contribution in [3.8, 4) is 16.3 Å². The normalized spacial score (nSPS) is 17.4. The van der Waals surface area contributed by atoms with Gasteiger partial charge in [0.2, 0.25) is 11.3 Å². The van der Waals surface area contributed by atoms with E-state index in [0.29, 0.717) is 18.0 Å². The Morgan fingerprint density at radius 1 is 1.19 bits per heavy atom. The zero-order chi connectivity index (χ0) is 27.1. The molecule has 2 N–H and O–H groups in total. The van der Waals surface area contributed by atoms with E-state index in [4.69, 9.17) is 0 Å². The monoisotopic (exact) mass is 527 g/mol. The minimum absolute atomic E-state index is 0.0396. The average Bonchev–Trinajstić information content (AvgIpc) is 3.30. The lowest BCUT2D eigenvalue weighted by molar-refractivity contribution is -0.130. The van der Waals surface area contributed by atoms with Gasteiger partial charge in [-0.25, -0.2) is 4.39 Å². The first-order chi connectivity index (χ1) is 17.4. The summed E-state index contributed by atoms with van der Waals surface area (Å²) in [5, 5.41) is 23.0. The maximum atomic E-state index is 13.5. The zero-order valence-corrected chi connectivity index (χ0v) is 22.2. The summed E-state index contributed by atoms with van der Waals surface area (Å²) in [6.07, 6.45) is 1.80. The molecule has 0 saturated heterocycles. The van der Waals surface area contributed by atoms with E-state index in [-0.39, 0.29) is 46.5 Å². The molecule has 0 aliphatic carbocycles. The van der Waals surface area contributed by atoms with Crippen LogP contribution < -0.4 is 10.7 Å². The minimum Gasteiger partial charge on any atom is -0.503 e. The van der Waals surface area contributed by atoms with E-state index in [1.165, 1.54) is 27.8 Å². The van der Waals surface area contributed by atoms with Crippen molar-refractivity contribution < 1.29 is 19.1 Å². The summed E-state index contributed by atoms with van der Waals surface area (Å²) < 4.78 is 14.6. The van der Waals surface area contributed by atoms with Crippen LogP contribution in [-0.4, -0.2) is 55.7 Å². The van der Waals surface area contributed by atoms with Crippen LogP contribution in [0.3, 0.4) is 0 Å². The van der Waals surface area contributed by atoms with E-state index in [9.17, 15) is 23.9 Å². The number of hydrogen-bond donors (Lipinski definition) is 2. The van der Waals surface area contributed by atoms with Crippen molar-refractivity contribution in [1.29, 1.82) is 0 Å². The quantitative estimate of drug-likeness (QED) is 0.488. The molecule has 2 amide bonds. The van der Waals surface area contributed by atoms with Crippen LogP contribution >= 0.6 is 11.3 Å². The molecule has 0 radical (unpaired) electrons. The molecule has 3 aromatic rings. The molecule has 2 aromatic heterocycles. The number of rotatable bonds is 7. The van der Waals surface area contributed by atoms with Crippen molar-refractivity contribution in [2.45, 2.75) is 52.6 Å². The largest absolute Gasteiger partial charge is 0.503 e. The third-order valence-corrected chi connectivity index (χ3v) is 7.36. The van der Waals surface area contributed by atoms with Crippen LogP contribution in [0.15, 0.2) is 35.3 Å². The fourth-order valence-electron chi connectivity index (χ4n) is 4.26. The highest BCUT2D eigenvalue weighted by molar-refractivity contribution is 7.14. The summed E-state index contributed by atoms with van der Waals surface area (Å²) in [6.45, 7) is 9.75. The molecule has 3 heterocycles. The highest BCUT2D eigenvalue weighted by atomic mass is 32.1. The standard InChI is InChI=1S/C26H30FN5O4S/c1-14(2)11-28-25(36)26(5)13-31(15(3)4)24(35)20-22(34)21(33)18(12-32(20)26)23-30-29-19(37-23)10-16-6-8-17(27)9-7-16/h6-9,12,14-15,34H,10-11,13H2,1-5H3,(H,28,36)/t26-/m1/s1. The molecule has 11 heteroatoms. The molecule has 0 spiro atoms. The molecule has 0 bridgehead atoms. The van der Waals surface area contributed by atoms with Gasteiger partial charge in [-0.05, 0) is 44.4 Å². The Morgan fingerprint density at radius 3 is 2.49 bits per heavy atom. The summed E-state index contributed by atoms with van der Waals surface area (Å²) in [5.41, 5.74) is -1.42. The van der Waals surface area contributed by atoms with Gasteiger partial charge < -0.3 is 19.9 Å². The van der Waals surface area contributed by atoms with E-state index < -0.39 is 22.6 Å². The van der Waals surface area contributed by atoms with Crippen LogP contribution in [0.2, 0.25) is 0 Å². The zero-order valence-electron chi connectivity index (χ0n) is 21.4. The van der Waals surface area contributed by atoms with Crippen molar-refractivity contribution in [3.05, 3.63) is 62.8 Å². The summed E-state index contributed by atoms with van der Waals surface area (Å²) in [6, 6.07) is 5.73. The summed E-state index contributed by atoms with van der Waals surface area (Å²) in [7, 11) is 0. The Balaban J connectivity index is 1.80. The number of pyridine rings is 1. The summed E-state index contributed by atoms with van der Waals surface area (Å²) in [5.74, 6) is -1.72. The molecule has 1 atom stereocenters. The van der Waals surface area contributed by atoms with Crippen LogP contribution in [-0.2, 0) is 16.8 Å². The third kappa shape index (κ3) is 5.00. The molecule has 1 aliphatic heterocycles. The van der Waals surface area contributed by atoms with Gasteiger partial charge in [0.15, 0.2) is 16.5 Å². The summed E-state index contributed by atoms with van der Waals surface area (Å²) in [4.78, 5) is 41.5. The Labute approximate surface area is 218 Å². The van der Waals surface area contributed by atoms with Crippen LogP contribution in [0.1, 0.15) is 55.7 Å². The molecule has 0 fully saturated rings. The first-order valence-electron chi connectivity index (χ1n) is 12.1. The Kier molecular flexibility index (Phi) is 7.18. The van der Waals surface area contributed by atoms with E-state index in [0.717, 1.165) is 16.9 Å². The number of nitrogens with one attached hydrogen (secondary N) is 1. The number of nitrogens with zero attached hydrogens (tertiary/aromatic N) is 4. The van der Waals surface area contributed by atoms with Gasteiger partial charge in [-0.1, -0.05) is 37.3 Å². The van der Waals surface area contributed by atoms with Gasteiger partial charge in [0.1, 0.15) is 16.4 Å². The number of aromatic hydroxyl groups is 1. The van der Waals surface area contributed by atoms with Crippen LogP contribution in [0, 0.1) is 11.7 Å². The van der Waals surface area contributed by atoms with Gasteiger partial charge in [0, 0.05) is 25.2 Å². The molecule has 1 aromatic carbocycles. The first-order valence-corrected chi connectivity index (χ1v) is 12.9. The lowest BCUT2D eigenvalue weighted by atomic mass is 9.93. The molecule has 196 valence electrons. The van der Waals surface area contributed by atoms with E-state index in [1.54, 1.807) is 19.1 Å². The second-order valence-electron chi connectivity index (χ2n) is 10.1. The van der Waals surface area contributed by atoms with Crippen molar-refractivity contribution in [3.63, 3.8) is 0 Å². The SMILES string of the molecule is CC(C)CNC(=O)[C@@]1(C)CN(C(C)C)C(=O)c2c(O)c(=O)c(-c3nnc(Cc4ccc(F)cc4)s3)cn21. The van der Waals surface area contributed by atoms with Crippen molar-refractivity contribution in [2.24, 2.45) is 5.92 Å². The Morgan fingerprint density at radius 2 is 1.86 bits per heavy atom. The predicted molar refractivity (Wildman–Crippen MR) is 138 cm³/mol. The smallest absolute Gasteiger partial charge is 0.274 e. The third-order valence-electron chi connectivity index (χ3n) is 6.41. The van der Waals surface area contributed by atoms with Gasteiger partial charge in [-0.2, -0.15) is 0 Å². The van der Waals surface area contributed by atoms with Crippen LogP contribution in [0.4, 0.5) is 4.39 Å². The minimum atomic E-state index is -1.29. The van der Waals surface area contributed by atoms with E-state index in [1.807, 2.05) is 27.7 Å². The maximum absolute atomic E-state index is 13.5. The molecule has 0 unspecified atom stereocenters. The fraction of sp³-hybridized carbons (Fsp3) is 0.423. The van der Waals surface area contributed by atoms with Gasteiger partial charge >= 0.3 is 0 Å². The van der Waals surface area contributed by atoms with Crippen LogP contribution in [0.25, 0.3) is 10.6 Å². The summed E-state index contributed by atoms with van der Waals surface area (Å²) >= 11 is 1.15. The number of carbonyl (C=O) groups excluding carboxylic acids is 2. The topological polar surface area (TPSA) is 117 Å². The first kappa shape index (κ1) is 26.5. The maximum Gasteiger partial charge on any atom is 0.274 e. The van der Waals surface area contributed by atoms with Gasteiger partial charge in [0.05, 0.1) is 12.1 Å².